The molecule has 1 amide bonds. The Hall–Kier alpha value is -1.87. The number of nitrogens with one attached hydrogen (secondary N) is 1. The molecular weight excluding hydrogens is 298 g/mol. The number of amides is 1. The number of anilines is 1. The van der Waals surface area contributed by atoms with Crippen LogP contribution in [0.25, 0.3) is 0 Å². The Kier molecular flexibility index (Phi) is 4.97. The lowest BCUT2D eigenvalue weighted by Crippen LogP contribution is -2.29. The van der Waals surface area contributed by atoms with E-state index in [9.17, 15) is 14.4 Å². The molecule has 1 aromatic rings. The molecule has 1 saturated heterocycles. The molecule has 114 valence electrons. The number of hydrogen-bond donors (Lipinski definition) is 1. The highest BCUT2D eigenvalue weighted by molar-refractivity contribution is 8.00. The highest BCUT2D eigenvalue weighted by atomic mass is 32.2. The van der Waals surface area contributed by atoms with E-state index in [1.165, 1.54) is 42.4 Å². The zero-order chi connectivity index (χ0) is 15.4. The van der Waals surface area contributed by atoms with Gasteiger partial charge in [-0.25, -0.2) is 4.79 Å². The highest BCUT2D eigenvalue weighted by Crippen LogP contribution is 2.31. The number of carbonyl (C=O) groups excluding carboxylic acids is 2. The van der Waals surface area contributed by atoms with Gasteiger partial charge < -0.3 is 14.8 Å². The Morgan fingerprint density at radius 2 is 2.33 bits per heavy atom. The van der Waals surface area contributed by atoms with Crippen molar-refractivity contribution in [2.75, 3.05) is 17.7 Å². The number of thioether (sulfide) groups is 1. The molecule has 2 rings (SSSR count). The third kappa shape index (κ3) is 4.30. The van der Waals surface area contributed by atoms with Gasteiger partial charge in [-0.1, -0.05) is 0 Å². The molecule has 8 nitrogen and oxygen atoms in total. The maximum absolute atomic E-state index is 11.9. The molecule has 0 bridgehead atoms. The van der Waals surface area contributed by atoms with Gasteiger partial charge in [0.15, 0.2) is 0 Å². The monoisotopic (exact) mass is 313 g/mol. The minimum atomic E-state index is -0.514. The van der Waals surface area contributed by atoms with Crippen molar-refractivity contribution in [2.24, 2.45) is 0 Å². The number of ether oxygens (including phenoxy) is 2. The molecule has 0 spiro atoms. The Balaban J connectivity index is 2.01. The molecule has 0 saturated carbocycles. The fourth-order valence-corrected chi connectivity index (χ4v) is 2.73. The van der Waals surface area contributed by atoms with Gasteiger partial charge in [0.1, 0.15) is 24.1 Å². The van der Waals surface area contributed by atoms with E-state index in [0.29, 0.717) is 5.75 Å². The van der Waals surface area contributed by atoms with Crippen LogP contribution in [0.1, 0.15) is 20.1 Å². The van der Waals surface area contributed by atoms with Crippen molar-refractivity contribution in [3.05, 3.63) is 22.7 Å². The van der Waals surface area contributed by atoms with Gasteiger partial charge in [-0.3, -0.25) is 14.2 Å². The van der Waals surface area contributed by atoms with E-state index in [1.807, 2.05) is 0 Å². The summed E-state index contributed by atoms with van der Waals surface area (Å²) in [6.45, 7) is 2.80. The molecule has 0 radical (unpaired) electrons. The fourth-order valence-electron chi connectivity index (χ4n) is 1.74. The first-order valence-corrected chi connectivity index (χ1v) is 7.28. The summed E-state index contributed by atoms with van der Waals surface area (Å²) in [4.78, 5) is 37.3. The standard InChI is InChI=1S/C12H15N3O5S/c1-7(16)13-9-3-4-15(12(18)14-9)10-6-21-11(20-10)5-19-8(2)17/h3-4,10-11H,5-6H2,1-2H3,(H,13,14,16,18). The Bertz CT molecular complexity index is 603. The quantitative estimate of drug-likeness (QED) is 0.801. The van der Waals surface area contributed by atoms with Crippen molar-refractivity contribution >= 4 is 29.5 Å². The Labute approximate surface area is 124 Å². The number of carbonyl (C=O) groups is 2. The third-order valence-electron chi connectivity index (χ3n) is 2.60. The third-order valence-corrected chi connectivity index (χ3v) is 3.70. The molecule has 1 aliphatic rings. The topological polar surface area (TPSA) is 99.5 Å². The van der Waals surface area contributed by atoms with Crippen LogP contribution in [0.15, 0.2) is 17.1 Å². The summed E-state index contributed by atoms with van der Waals surface area (Å²) in [5, 5.41) is 2.44. The molecule has 21 heavy (non-hydrogen) atoms. The molecule has 1 aliphatic heterocycles. The van der Waals surface area contributed by atoms with Crippen LogP contribution in [0, 0.1) is 0 Å². The van der Waals surface area contributed by atoms with Crippen LogP contribution >= 0.6 is 11.8 Å². The van der Waals surface area contributed by atoms with Crippen molar-refractivity contribution < 1.29 is 19.1 Å². The molecule has 0 aliphatic carbocycles. The van der Waals surface area contributed by atoms with Gasteiger partial charge in [0.25, 0.3) is 0 Å². The summed E-state index contributed by atoms with van der Waals surface area (Å²) in [6.07, 6.45) is 1.04. The molecule has 9 heteroatoms. The lowest BCUT2D eigenvalue weighted by molar-refractivity contribution is -0.144. The minimum Gasteiger partial charge on any atom is -0.462 e. The van der Waals surface area contributed by atoms with Crippen LogP contribution in [0.4, 0.5) is 5.82 Å². The predicted molar refractivity (Wildman–Crippen MR) is 75.8 cm³/mol. The molecule has 1 aromatic heterocycles. The second-order valence-corrected chi connectivity index (χ2v) is 5.53. The second kappa shape index (κ2) is 6.72. The molecule has 2 atom stereocenters. The summed E-state index contributed by atoms with van der Waals surface area (Å²) in [6, 6.07) is 1.52. The zero-order valence-electron chi connectivity index (χ0n) is 11.6. The molecule has 0 aromatic carbocycles. The maximum Gasteiger partial charge on any atom is 0.351 e. The average Bonchev–Trinajstić information content (AvgIpc) is 2.84. The van der Waals surface area contributed by atoms with E-state index in [4.69, 9.17) is 9.47 Å². The number of rotatable bonds is 4. The van der Waals surface area contributed by atoms with Gasteiger partial charge in [0, 0.05) is 25.8 Å². The molecule has 1 fully saturated rings. The summed E-state index contributed by atoms with van der Waals surface area (Å²) in [5.41, 5.74) is -0.819. The van der Waals surface area contributed by atoms with Crippen molar-refractivity contribution in [3.63, 3.8) is 0 Å². The van der Waals surface area contributed by atoms with Crippen molar-refractivity contribution in [2.45, 2.75) is 25.5 Å². The van der Waals surface area contributed by atoms with Gasteiger partial charge in [0.2, 0.25) is 5.91 Å². The second-order valence-electron chi connectivity index (χ2n) is 4.34. The molecule has 1 N–H and O–H groups in total. The SMILES string of the molecule is CC(=O)Nc1ccn(C2CSC(COC(C)=O)O2)c(=O)n1. The van der Waals surface area contributed by atoms with E-state index in [-0.39, 0.29) is 29.7 Å². The lowest BCUT2D eigenvalue weighted by atomic mass is 10.5. The highest BCUT2D eigenvalue weighted by Gasteiger charge is 2.28. The van der Waals surface area contributed by atoms with Gasteiger partial charge in [-0.15, -0.1) is 11.8 Å². The first-order valence-electron chi connectivity index (χ1n) is 6.23. The Morgan fingerprint density at radius 3 is 2.95 bits per heavy atom. The van der Waals surface area contributed by atoms with E-state index < -0.39 is 11.9 Å². The first kappa shape index (κ1) is 15.5. The maximum atomic E-state index is 11.9. The molecule has 2 unspecified atom stereocenters. The van der Waals surface area contributed by atoms with Gasteiger partial charge in [-0.2, -0.15) is 4.98 Å². The molecular formula is C12H15N3O5S. The van der Waals surface area contributed by atoms with Crippen LogP contribution in [-0.2, 0) is 19.1 Å². The van der Waals surface area contributed by atoms with Gasteiger partial charge in [0.05, 0.1) is 0 Å². The number of aromatic nitrogens is 2. The van der Waals surface area contributed by atoms with Crippen molar-refractivity contribution in [1.29, 1.82) is 0 Å². The minimum absolute atomic E-state index is 0.142. The number of nitrogens with zero attached hydrogens (tertiary/aromatic N) is 2. The van der Waals surface area contributed by atoms with Crippen LogP contribution < -0.4 is 11.0 Å². The van der Waals surface area contributed by atoms with E-state index in [1.54, 1.807) is 0 Å². The van der Waals surface area contributed by atoms with Crippen molar-refractivity contribution in [1.82, 2.24) is 9.55 Å². The number of esters is 1. The van der Waals surface area contributed by atoms with Crippen LogP contribution in [0.3, 0.4) is 0 Å². The summed E-state index contributed by atoms with van der Waals surface area (Å²) < 4.78 is 11.8. The van der Waals surface area contributed by atoms with E-state index in [2.05, 4.69) is 10.3 Å². The van der Waals surface area contributed by atoms with Crippen LogP contribution in [-0.4, -0.2) is 39.2 Å². The normalized spacial score (nSPS) is 21.0. The van der Waals surface area contributed by atoms with Gasteiger partial charge >= 0.3 is 11.7 Å². The van der Waals surface area contributed by atoms with E-state index in [0.717, 1.165) is 0 Å². The smallest absolute Gasteiger partial charge is 0.351 e. The summed E-state index contributed by atoms with van der Waals surface area (Å²) in [7, 11) is 0. The Morgan fingerprint density at radius 1 is 1.57 bits per heavy atom. The summed E-state index contributed by atoms with van der Waals surface area (Å²) >= 11 is 1.45. The zero-order valence-corrected chi connectivity index (χ0v) is 12.4. The lowest BCUT2D eigenvalue weighted by Gasteiger charge is -2.14. The van der Waals surface area contributed by atoms with E-state index >= 15 is 0 Å². The van der Waals surface area contributed by atoms with Crippen LogP contribution in [0.2, 0.25) is 0 Å². The molecule has 2 heterocycles. The van der Waals surface area contributed by atoms with Crippen LogP contribution in [0.5, 0.6) is 0 Å². The van der Waals surface area contributed by atoms with Gasteiger partial charge in [-0.05, 0) is 6.07 Å². The fraction of sp³-hybridized carbons (Fsp3) is 0.500. The average molecular weight is 313 g/mol. The predicted octanol–water partition coefficient (Wildman–Crippen LogP) is 0.353. The first-order chi connectivity index (χ1) is 9.95. The summed E-state index contributed by atoms with van der Waals surface area (Å²) in [5.74, 6) is 0.0771. The van der Waals surface area contributed by atoms with Crippen molar-refractivity contribution in [3.8, 4) is 0 Å². The largest absolute Gasteiger partial charge is 0.462 e. The number of hydrogen-bond acceptors (Lipinski definition) is 7.